The van der Waals surface area contributed by atoms with Crippen LogP contribution in [0, 0.1) is 19.8 Å². The minimum absolute atomic E-state index is 0.0113. The van der Waals surface area contributed by atoms with Crippen molar-refractivity contribution >= 4 is 22.7 Å². The minimum Gasteiger partial charge on any atom is -0.481 e. The van der Waals surface area contributed by atoms with E-state index in [0.29, 0.717) is 35.5 Å². The molecule has 0 spiro atoms. The zero-order valence-electron chi connectivity index (χ0n) is 24.6. The van der Waals surface area contributed by atoms with Crippen LogP contribution in [0.15, 0.2) is 40.9 Å². The van der Waals surface area contributed by atoms with Gasteiger partial charge in [-0.05, 0) is 52.8 Å². The van der Waals surface area contributed by atoms with Crippen LogP contribution in [-0.2, 0) is 16.0 Å². The highest BCUT2D eigenvalue weighted by molar-refractivity contribution is 5.88. The van der Waals surface area contributed by atoms with Crippen LogP contribution < -0.4 is 15.4 Å². The van der Waals surface area contributed by atoms with Crippen molar-refractivity contribution in [3.8, 4) is 17.2 Å². The number of pyridine rings is 2. The van der Waals surface area contributed by atoms with Gasteiger partial charge in [0, 0.05) is 30.2 Å². The first-order chi connectivity index (χ1) is 19.6. The second-order valence-electron chi connectivity index (χ2n) is 11.0. The highest BCUT2D eigenvalue weighted by Crippen LogP contribution is 2.38. The zero-order chi connectivity index (χ0) is 29.3. The number of nitrogens with one attached hydrogen (secondary N) is 2. The Morgan fingerprint density at radius 1 is 1.05 bits per heavy atom. The molecule has 4 aromatic heterocycles. The molecular formula is C30H38N6O5. The van der Waals surface area contributed by atoms with Crippen molar-refractivity contribution in [3.05, 3.63) is 53.6 Å². The van der Waals surface area contributed by atoms with E-state index < -0.39 is 5.79 Å². The molecule has 3 N–H and O–H groups in total. The van der Waals surface area contributed by atoms with Gasteiger partial charge >= 0.3 is 0 Å². The fourth-order valence-corrected chi connectivity index (χ4v) is 5.17. The van der Waals surface area contributed by atoms with Gasteiger partial charge < -0.3 is 34.4 Å². The van der Waals surface area contributed by atoms with Gasteiger partial charge in [0.2, 0.25) is 11.8 Å². The van der Waals surface area contributed by atoms with Crippen LogP contribution in [0.4, 0.5) is 11.8 Å². The number of ether oxygens (including phenoxy) is 3. The van der Waals surface area contributed by atoms with E-state index >= 15 is 0 Å². The molecule has 4 unspecified atom stereocenters. The van der Waals surface area contributed by atoms with Crippen LogP contribution in [0.2, 0.25) is 0 Å². The summed E-state index contributed by atoms with van der Waals surface area (Å²) < 4.78 is 24.2. The highest BCUT2D eigenvalue weighted by atomic mass is 16.8. The number of anilines is 2. The lowest BCUT2D eigenvalue weighted by Gasteiger charge is -2.28. The van der Waals surface area contributed by atoms with E-state index in [2.05, 4.69) is 20.6 Å². The number of aliphatic hydroxyl groups is 1. The average molecular weight is 563 g/mol. The summed E-state index contributed by atoms with van der Waals surface area (Å²) in [6.07, 6.45) is 1.10. The lowest BCUT2D eigenvalue weighted by molar-refractivity contribution is -0.151. The summed E-state index contributed by atoms with van der Waals surface area (Å²) >= 11 is 0. The molecule has 11 nitrogen and oxygen atoms in total. The van der Waals surface area contributed by atoms with Crippen molar-refractivity contribution in [3.63, 3.8) is 0 Å². The first-order valence-corrected chi connectivity index (χ1v) is 13.8. The van der Waals surface area contributed by atoms with Gasteiger partial charge in [0.25, 0.3) is 0 Å². The van der Waals surface area contributed by atoms with Crippen LogP contribution in [0.25, 0.3) is 22.3 Å². The van der Waals surface area contributed by atoms with Crippen LogP contribution in [0.5, 0.6) is 5.88 Å². The normalized spacial score (nSPS) is 19.7. The van der Waals surface area contributed by atoms with Gasteiger partial charge in [-0.25, -0.2) is 9.97 Å². The number of nitrogens with zero attached hydrogens (tertiary/aromatic N) is 4. The molecule has 5 heterocycles. The summed E-state index contributed by atoms with van der Waals surface area (Å²) in [4.78, 5) is 18.5. The number of fused-ring (bicyclic) bond motifs is 1. The van der Waals surface area contributed by atoms with E-state index in [4.69, 9.17) is 28.6 Å². The van der Waals surface area contributed by atoms with Gasteiger partial charge in [0.1, 0.15) is 17.7 Å². The molecule has 0 radical (unpaired) electrons. The standard InChI is InChI=1S/C30H38N6O5/c1-16(15-37)25-27(41-30(5,6)40-25)19(4)34-28-24(22-12-20-13-23(38-7)33-18(3)26(20)39-22)17(2)35-29(36-28)32-14-21-10-8-9-11-31-21/h8-13,16,19,25,27,37H,14-15H2,1-7H3,(H2,32,34,35,36). The summed E-state index contributed by atoms with van der Waals surface area (Å²) in [5.41, 5.74) is 3.70. The first-order valence-electron chi connectivity index (χ1n) is 13.8. The van der Waals surface area contributed by atoms with E-state index in [0.717, 1.165) is 28.0 Å². The molecule has 5 rings (SSSR count). The third-order valence-corrected chi connectivity index (χ3v) is 7.22. The van der Waals surface area contributed by atoms with Gasteiger partial charge in [-0.1, -0.05) is 13.0 Å². The van der Waals surface area contributed by atoms with Crippen molar-refractivity contribution in [2.45, 2.75) is 72.1 Å². The Morgan fingerprint density at radius 2 is 1.83 bits per heavy atom. The number of rotatable bonds is 10. The third kappa shape index (κ3) is 6.12. The molecule has 218 valence electrons. The van der Waals surface area contributed by atoms with Gasteiger partial charge in [-0.15, -0.1) is 0 Å². The number of aromatic nitrogens is 4. The van der Waals surface area contributed by atoms with Gasteiger partial charge in [0.15, 0.2) is 11.4 Å². The molecule has 4 atom stereocenters. The Bertz CT molecular complexity index is 1510. The largest absolute Gasteiger partial charge is 0.481 e. The highest BCUT2D eigenvalue weighted by Gasteiger charge is 2.46. The second-order valence-corrected chi connectivity index (χ2v) is 11.0. The van der Waals surface area contributed by atoms with E-state index in [-0.39, 0.29) is 30.8 Å². The number of aliphatic hydroxyl groups excluding tert-OH is 1. The molecule has 1 saturated heterocycles. The molecule has 1 aliphatic heterocycles. The maximum absolute atomic E-state index is 9.89. The van der Waals surface area contributed by atoms with Crippen molar-refractivity contribution in [1.82, 2.24) is 19.9 Å². The number of furan rings is 1. The lowest BCUT2D eigenvalue weighted by Crippen LogP contribution is -2.42. The maximum Gasteiger partial charge on any atom is 0.225 e. The summed E-state index contributed by atoms with van der Waals surface area (Å²) in [6.45, 7) is 12.0. The van der Waals surface area contributed by atoms with Crippen LogP contribution in [0.3, 0.4) is 0 Å². The SMILES string of the molecule is COc1cc2cc(-c3c(C)nc(NCc4ccccn4)nc3NC(C)C3OC(C)(C)OC3C(C)CO)oc2c(C)n1. The van der Waals surface area contributed by atoms with E-state index in [1.807, 2.05) is 71.9 Å². The van der Waals surface area contributed by atoms with Crippen LogP contribution in [0.1, 0.15) is 44.8 Å². The van der Waals surface area contributed by atoms with Crippen molar-refractivity contribution in [2.75, 3.05) is 24.4 Å². The Labute approximate surface area is 239 Å². The average Bonchev–Trinajstić information content (AvgIpc) is 3.52. The predicted molar refractivity (Wildman–Crippen MR) is 156 cm³/mol. The molecule has 1 fully saturated rings. The fourth-order valence-electron chi connectivity index (χ4n) is 5.17. The monoisotopic (exact) mass is 562 g/mol. The van der Waals surface area contributed by atoms with Crippen molar-refractivity contribution in [2.24, 2.45) is 5.92 Å². The summed E-state index contributed by atoms with van der Waals surface area (Å²) in [5.74, 6) is 1.25. The van der Waals surface area contributed by atoms with E-state index in [1.165, 1.54) is 0 Å². The molecule has 0 bridgehead atoms. The lowest BCUT2D eigenvalue weighted by atomic mass is 9.96. The third-order valence-electron chi connectivity index (χ3n) is 7.22. The molecule has 0 aliphatic carbocycles. The van der Waals surface area contributed by atoms with Gasteiger partial charge in [-0.3, -0.25) is 4.98 Å². The van der Waals surface area contributed by atoms with Crippen molar-refractivity contribution < 1.29 is 23.7 Å². The zero-order valence-corrected chi connectivity index (χ0v) is 24.6. The van der Waals surface area contributed by atoms with Gasteiger partial charge in [0.05, 0.1) is 48.4 Å². The molecule has 0 saturated carbocycles. The summed E-state index contributed by atoms with van der Waals surface area (Å²) in [5, 5.41) is 17.6. The molecule has 0 amide bonds. The Morgan fingerprint density at radius 3 is 2.54 bits per heavy atom. The first kappa shape index (κ1) is 28.7. The number of hydrogen-bond acceptors (Lipinski definition) is 11. The maximum atomic E-state index is 9.89. The van der Waals surface area contributed by atoms with Crippen LogP contribution in [-0.4, -0.2) is 62.8 Å². The summed E-state index contributed by atoms with van der Waals surface area (Å²) in [7, 11) is 1.59. The predicted octanol–water partition coefficient (Wildman–Crippen LogP) is 4.87. The topological polar surface area (TPSA) is 137 Å². The molecule has 11 heteroatoms. The Kier molecular flexibility index (Phi) is 8.12. The van der Waals surface area contributed by atoms with Crippen molar-refractivity contribution in [1.29, 1.82) is 0 Å². The number of aryl methyl sites for hydroxylation is 2. The van der Waals surface area contributed by atoms with Gasteiger partial charge in [-0.2, -0.15) is 4.98 Å². The molecule has 4 aromatic rings. The Balaban J connectivity index is 1.54. The summed E-state index contributed by atoms with van der Waals surface area (Å²) in [6, 6.07) is 9.32. The molecule has 41 heavy (non-hydrogen) atoms. The van der Waals surface area contributed by atoms with E-state index in [1.54, 1.807) is 13.3 Å². The minimum atomic E-state index is -0.781. The smallest absolute Gasteiger partial charge is 0.225 e. The number of hydrogen-bond donors (Lipinski definition) is 3. The fraction of sp³-hybridized carbons (Fsp3) is 0.467. The quantitative estimate of drug-likeness (QED) is 0.244. The molecule has 0 aromatic carbocycles. The second kappa shape index (κ2) is 11.6. The van der Waals surface area contributed by atoms with Crippen LogP contribution >= 0.6 is 0 Å². The Hall–Kier alpha value is -3.80. The molecular weight excluding hydrogens is 524 g/mol. The van der Waals surface area contributed by atoms with E-state index in [9.17, 15) is 5.11 Å². The molecule has 1 aliphatic rings. The number of methoxy groups -OCH3 is 1.